The van der Waals surface area contributed by atoms with E-state index in [1.54, 1.807) is 0 Å². The monoisotopic (exact) mass is 622 g/mol. The lowest BCUT2D eigenvalue weighted by atomic mass is 9.45. The van der Waals surface area contributed by atoms with Crippen LogP contribution in [0.15, 0.2) is 23.8 Å². The summed E-state index contributed by atoms with van der Waals surface area (Å²) in [5.74, 6) is 1.47. The smallest absolute Gasteiger partial charge is 0.186 e. The van der Waals surface area contributed by atoms with E-state index in [1.807, 2.05) is 19.9 Å². The van der Waals surface area contributed by atoms with Crippen LogP contribution in [0, 0.1) is 40.4 Å². The van der Waals surface area contributed by atoms with Crippen molar-refractivity contribution in [3.63, 3.8) is 0 Å². The highest BCUT2D eigenvalue weighted by molar-refractivity contribution is 5.33. The van der Waals surface area contributed by atoms with Crippen LogP contribution in [-0.2, 0) is 9.47 Å². The second-order valence-corrected chi connectivity index (χ2v) is 15.9. The van der Waals surface area contributed by atoms with Crippen molar-refractivity contribution in [3.8, 4) is 0 Å². The number of hydrogen-bond acceptors (Lipinski definition) is 9. The fourth-order valence-corrected chi connectivity index (χ4v) is 10.2. The molecule has 1 heterocycles. The van der Waals surface area contributed by atoms with Gasteiger partial charge in [-0.1, -0.05) is 51.5 Å². The minimum atomic E-state index is -1.53. The Morgan fingerprint density at radius 2 is 1.70 bits per heavy atom. The molecule has 9 nitrogen and oxygen atoms in total. The molecule has 7 N–H and O–H groups in total. The first-order chi connectivity index (χ1) is 20.5. The molecule has 0 radical (unpaired) electrons. The molecule has 1 aliphatic heterocycles. The highest BCUT2D eigenvalue weighted by Crippen LogP contribution is 2.67. The summed E-state index contributed by atoms with van der Waals surface area (Å²) in [6.07, 6.45) is 4.40. The van der Waals surface area contributed by atoms with Crippen molar-refractivity contribution in [1.82, 2.24) is 0 Å². The Bertz CT molecular complexity index is 1080. The summed E-state index contributed by atoms with van der Waals surface area (Å²) in [7, 11) is 0. The van der Waals surface area contributed by atoms with E-state index >= 15 is 0 Å². The van der Waals surface area contributed by atoms with Gasteiger partial charge in [0, 0.05) is 17.8 Å². The maximum atomic E-state index is 12.2. The first-order valence-electron chi connectivity index (χ1n) is 17.0. The molecule has 9 heteroatoms. The van der Waals surface area contributed by atoms with Gasteiger partial charge >= 0.3 is 0 Å². The predicted octanol–water partition coefficient (Wildman–Crippen LogP) is 2.83. The van der Waals surface area contributed by atoms with Gasteiger partial charge in [-0.15, -0.1) is 0 Å². The zero-order valence-corrected chi connectivity index (χ0v) is 27.5. The molecule has 4 aliphatic carbocycles. The summed E-state index contributed by atoms with van der Waals surface area (Å²) < 4.78 is 11.6. The van der Waals surface area contributed by atoms with Crippen LogP contribution in [0.3, 0.4) is 0 Å². The topological polar surface area (TPSA) is 160 Å². The van der Waals surface area contributed by atoms with E-state index in [2.05, 4.69) is 39.8 Å². The molecular weight excluding hydrogens is 564 g/mol. The molecule has 0 aromatic heterocycles. The molecule has 0 aromatic carbocycles. The number of rotatable bonds is 8. The second kappa shape index (κ2) is 12.3. The van der Waals surface area contributed by atoms with Crippen molar-refractivity contribution in [2.45, 2.75) is 147 Å². The molecular formula is C35H58O9. The summed E-state index contributed by atoms with van der Waals surface area (Å²) in [5.41, 5.74) is -1.35. The molecule has 1 saturated heterocycles. The minimum Gasteiger partial charge on any atom is -0.394 e. The Balaban J connectivity index is 1.33. The molecule has 15 atom stereocenters. The van der Waals surface area contributed by atoms with Gasteiger partial charge in [0.25, 0.3) is 0 Å². The highest BCUT2D eigenvalue weighted by atomic mass is 16.7. The lowest BCUT2D eigenvalue weighted by Crippen LogP contribution is -2.66. The van der Waals surface area contributed by atoms with Crippen LogP contribution in [0.4, 0.5) is 0 Å². The quantitative estimate of drug-likeness (QED) is 0.202. The molecule has 0 bridgehead atoms. The van der Waals surface area contributed by atoms with Gasteiger partial charge in [0.2, 0.25) is 0 Å². The van der Waals surface area contributed by atoms with Crippen LogP contribution in [0.2, 0.25) is 0 Å². The third kappa shape index (κ3) is 5.56. The van der Waals surface area contributed by atoms with E-state index < -0.39 is 66.1 Å². The molecule has 252 valence electrons. The molecule has 0 amide bonds. The standard InChI is InChI=1S/C35H58O9/c1-7-20(32(3,4)41)9-8-19(2)23-10-11-24-22-16-27(37)35(42)17-21(12-15-34(35,6)25(22)13-14-33(23,24)5)43-31-30(40)29(39)28(38)26(18-36)44-31/h8-9,16,19-21,23-31,36-42H,7,10-15,17-18H2,1-6H3/b9-8+/t19-,20+,21+,23-,24+,25+,26-,27-,28-,29+,30-,31-,33-,34-,35+/m1/s1. The summed E-state index contributed by atoms with van der Waals surface area (Å²) in [6, 6.07) is 0. The van der Waals surface area contributed by atoms with Crippen molar-refractivity contribution in [1.29, 1.82) is 0 Å². The molecule has 44 heavy (non-hydrogen) atoms. The third-order valence-electron chi connectivity index (χ3n) is 13.1. The average molecular weight is 623 g/mol. The number of aliphatic hydroxyl groups excluding tert-OH is 5. The molecule has 0 aromatic rings. The molecule has 5 rings (SSSR count). The predicted molar refractivity (Wildman–Crippen MR) is 165 cm³/mol. The minimum absolute atomic E-state index is 0.0947. The van der Waals surface area contributed by atoms with Gasteiger partial charge in [0.15, 0.2) is 6.29 Å². The van der Waals surface area contributed by atoms with E-state index in [0.717, 1.165) is 32.1 Å². The van der Waals surface area contributed by atoms with Gasteiger partial charge in [-0.3, -0.25) is 0 Å². The maximum Gasteiger partial charge on any atom is 0.186 e. The number of hydrogen-bond donors (Lipinski definition) is 7. The zero-order valence-electron chi connectivity index (χ0n) is 27.5. The molecule has 3 saturated carbocycles. The Morgan fingerprint density at radius 3 is 2.34 bits per heavy atom. The molecule has 4 fully saturated rings. The van der Waals surface area contributed by atoms with Crippen LogP contribution in [0.25, 0.3) is 0 Å². The Morgan fingerprint density at radius 1 is 1.00 bits per heavy atom. The fraction of sp³-hybridized carbons (Fsp3) is 0.886. The van der Waals surface area contributed by atoms with Crippen molar-refractivity contribution in [2.75, 3.05) is 6.61 Å². The van der Waals surface area contributed by atoms with Crippen molar-refractivity contribution >= 4 is 0 Å². The fourth-order valence-electron chi connectivity index (χ4n) is 10.2. The lowest BCUT2D eigenvalue weighted by Gasteiger charge is -2.62. The number of fused-ring (bicyclic) bond motifs is 5. The van der Waals surface area contributed by atoms with Gasteiger partial charge < -0.3 is 45.2 Å². The van der Waals surface area contributed by atoms with Gasteiger partial charge in [0.05, 0.1) is 18.3 Å². The Labute approximate surface area is 263 Å². The third-order valence-corrected chi connectivity index (χ3v) is 13.1. The van der Waals surface area contributed by atoms with Gasteiger partial charge in [-0.05, 0) is 87.9 Å². The van der Waals surface area contributed by atoms with E-state index in [1.165, 1.54) is 5.57 Å². The SMILES string of the molecule is CC[C@@H](/C=C/[C@@H](C)[C@H]1CC[C@H]2C3=C[C@@H](O)[C@@]4(O)C[C@@H](O[C@@H]5O[C@H](CO)[C@@H](O)[C@H](O)[C@H]5O)CC[C@]4(C)[C@H]3CC[C@]12C)C(C)(C)O. The number of aliphatic hydroxyl groups is 7. The highest BCUT2D eigenvalue weighted by Gasteiger charge is 2.65. The Hall–Kier alpha value is -0.880. The molecule has 0 spiro atoms. The maximum absolute atomic E-state index is 12.2. The van der Waals surface area contributed by atoms with Crippen LogP contribution >= 0.6 is 0 Å². The molecule has 0 unspecified atom stereocenters. The van der Waals surface area contributed by atoms with E-state index in [0.29, 0.717) is 30.6 Å². The number of allylic oxidation sites excluding steroid dienone is 2. The lowest BCUT2D eigenvalue weighted by molar-refractivity contribution is -0.322. The van der Waals surface area contributed by atoms with Crippen LogP contribution in [0.5, 0.6) is 0 Å². The van der Waals surface area contributed by atoms with E-state index in [-0.39, 0.29) is 23.7 Å². The Kier molecular flexibility index (Phi) is 9.62. The average Bonchev–Trinajstić information content (AvgIpc) is 3.32. The van der Waals surface area contributed by atoms with Crippen molar-refractivity contribution in [2.24, 2.45) is 40.4 Å². The second-order valence-electron chi connectivity index (χ2n) is 15.9. The molecule has 5 aliphatic rings. The van der Waals surface area contributed by atoms with Crippen LogP contribution in [-0.4, -0.2) is 96.5 Å². The summed E-state index contributed by atoms with van der Waals surface area (Å²) >= 11 is 0. The van der Waals surface area contributed by atoms with Gasteiger partial charge in [-0.25, -0.2) is 0 Å². The van der Waals surface area contributed by atoms with E-state index in [4.69, 9.17) is 9.47 Å². The van der Waals surface area contributed by atoms with Crippen LogP contribution in [0.1, 0.15) is 92.9 Å². The van der Waals surface area contributed by atoms with Gasteiger partial charge in [-0.2, -0.15) is 0 Å². The summed E-state index contributed by atoms with van der Waals surface area (Å²) in [6.45, 7) is 12.2. The normalized spacial score (nSPS) is 49.2. The first-order valence-corrected chi connectivity index (χ1v) is 17.0. The summed E-state index contributed by atoms with van der Waals surface area (Å²) in [4.78, 5) is 0. The number of ether oxygens (including phenoxy) is 2. The van der Waals surface area contributed by atoms with Crippen LogP contribution < -0.4 is 0 Å². The zero-order chi connectivity index (χ0) is 32.4. The van der Waals surface area contributed by atoms with Crippen molar-refractivity contribution in [3.05, 3.63) is 23.8 Å². The van der Waals surface area contributed by atoms with E-state index in [9.17, 15) is 35.7 Å². The first kappa shape index (κ1) is 34.5. The summed E-state index contributed by atoms with van der Waals surface area (Å²) in [5, 5.41) is 74.8. The largest absolute Gasteiger partial charge is 0.394 e. The van der Waals surface area contributed by atoms with Crippen molar-refractivity contribution < 1.29 is 45.2 Å². The van der Waals surface area contributed by atoms with Gasteiger partial charge in [0.1, 0.15) is 36.1 Å².